The van der Waals surface area contributed by atoms with Gasteiger partial charge in [-0.15, -0.1) is 0 Å². The van der Waals surface area contributed by atoms with Crippen molar-refractivity contribution in [3.63, 3.8) is 0 Å². The molecule has 2 unspecified atom stereocenters. The van der Waals surface area contributed by atoms with Gasteiger partial charge in [-0.2, -0.15) is 0 Å². The van der Waals surface area contributed by atoms with Crippen molar-refractivity contribution < 1.29 is 4.74 Å². The monoisotopic (exact) mass is 819 g/mol. The molecular formula is C60H41N3O. The van der Waals surface area contributed by atoms with Gasteiger partial charge in [-0.05, 0) is 71.9 Å². The SMILES string of the molecule is CC1c2cc(-c3c(-c4ccc(-c5nc(-c6ccccc6)nc(-c6ccccc6)n5)cc4)ccc4ccccc34)c3ccccc3c2OC1c1ccc(-c2cccc3ccccc23)cc1. The maximum atomic E-state index is 7.04. The molecule has 1 aromatic heterocycles. The summed E-state index contributed by atoms with van der Waals surface area (Å²) in [7, 11) is 0. The predicted molar refractivity (Wildman–Crippen MR) is 263 cm³/mol. The largest absolute Gasteiger partial charge is 0.484 e. The van der Waals surface area contributed by atoms with Crippen LogP contribution < -0.4 is 4.74 Å². The van der Waals surface area contributed by atoms with Gasteiger partial charge in [0, 0.05) is 33.6 Å². The fraction of sp³-hybridized carbons (Fsp3) is 0.0500. The Kier molecular flexibility index (Phi) is 9.15. The fourth-order valence-corrected chi connectivity index (χ4v) is 9.66. The molecule has 302 valence electrons. The molecule has 64 heavy (non-hydrogen) atoms. The van der Waals surface area contributed by atoms with Crippen LogP contribution in [0.25, 0.3) is 99.9 Å². The molecule has 0 saturated heterocycles. The predicted octanol–water partition coefficient (Wildman–Crippen LogP) is 15.6. The maximum absolute atomic E-state index is 7.04. The van der Waals surface area contributed by atoms with Gasteiger partial charge in [0.15, 0.2) is 17.5 Å². The highest BCUT2D eigenvalue weighted by Gasteiger charge is 2.35. The Bertz CT molecular complexity index is 3470. The second-order valence-corrected chi connectivity index (χ2v) is 16.7. The molecule has 4 nitrogen and oxygen atoms in total. The van der Waals surface area contributed by atoms with Crippen LogP contribution in [0.1, 0.15) is 30.1 Å². The van der Waals surface area contributed by atoms with Crippen molar-refractivity contribution in [2.24, 2.45) is 0 Å². The molecule has 11 aromatic rings. The third-order valence-corrected chi connectivity index (χ3v) is 12.9. The van der Waals surface area contributed by atoms with E-state index in [1.54, 1.807) is 0 Å². The summed E-state index contributed by atoms with van der Waals surface area (Å²) in [5.74, 6) is 3.03. The molecule has 0 bridgehead atoms. The number of nitrogens with zero attached hydrogens (tertiary/aromatic N) is 3. The van der Waals surface area contributed by atoms with Gasteiger partial charge in [0.05, 0.1) is 0 Å². The van der Waals surface area contributed by atoms with Crippen molar-refractivity contribution in [2.45, 2.75) is 18.9 Å². The summed E-state index contributed by atoms with van der Waals surface area (Å²) >= 11 is 0. The van der Waals surface area contributed by atoms with Crippen molar-refractivity contribution in [3.05, 3.63) is 230 Å². The second kappa shape index (κ2) is 15.6. The zero-order valence-electron chi connectivity index (χ0n) is 35.2. The lowest BCUT2D eigenvalue weighted by Gasteiger charge is -2.18. The van der Waals surface area contributed by atoms with Gasteiger partial charge < -0.3 is 4.74 Å². The molecule has 1 aliphatic rings. The van der Waals surface area contributed by atoms with Crippen LogP contribution in [0.4, 0.5) is 0 Å². The van der Waals surface area contributed by atoms with Crippen LogP contribution in [0.5, 0.6) is 5.75 Å². The van der Waals surface area contributed by atoms with Crippen LogP contribution in [-0.4, -0.2) is 15.0 Å². The average molecular weight is 820 g/mol. The van der Waals surface area contributed by atoms with Gasteiger partial charge in [0.2, 0.25) is 0 Å². The Labute approximate surface area is 372 Å². The second-order valence-electron chi connectivity index (χ2n) is 16.7. The summed E-state index contributed by atoms with van der Waals surface area (Å²) in [6.45, 7) is 2.31. The van der Waals surface area contributed by atoms with Crippen LogP contribution in [0, 0.1) is 0 Å². The Morgan fingerprint density at radius 2 is 0.844 bits per heavy atom. The van der Waals surface area contributed by atoms with E-state index in [1.165, 1.54) is 60.3 Å². The van der Waals surface area contributed by atoms with E-state index in [-0.39, 0.29) is 12.0 Å². The number of ether oxygens (including phenoxy) is 1. The van der Waals surface area contributed by atoms with E-state index < -0.39 is 0 Å². The van der Waals surface area contributed by atoms with E-state index in [4.69, 9.17) is 19.7 Å². The normalized spacial score (nSPS) is 14.5. The fourth-order valence-electron chi connectivity index (χ4n) is 9.66. The Morgan fingerprint density at radius 3 is 1.50 bits per heavy atom. The summed E-state index contributed by atoms with van der Waals surface area (Å²) in [5, 5.41) is 7.21. The van der Waals surface area contributed by atoms with Crippen molar-refractivity contribution in [1.82, 2.24) is 15.0 Å². The van der Waals surface area contributed by atoms with Crippen molar-refractivity contribution in [1.29, 1.82) is 0 Å². The molecule has 0 spiro atoms. The minimum absolute atomic E-state index is 0.116. The van der Waals surface area contributed by atoms with Gasteiger partial charge in [0.25, 0.3) is 0 Å². The minimum Gasteiger partial charge on any atom is -0.484 e. The lowest BCUT2D eigenvalue weighted by molar-refractivity contribution is 0.218. The molecule has 0 aliphatic carbocycles. The van der Waals surface area contributed by atoms with Crippen molar-refractivity contribution in [3.8, 4) is 73.3 Å². The van der Waals surface area contributed by atoms with E-state index in [2.05, 4.69) is 165 Å². The smallest absolute Gasteiger partial charge is 0.164 e. The molecule has 4 heteroatoms. The molecule has 10 aromatic carbocycles. The topological polar surface area (TPSA) is 47.9 Å². The zero-order valence-corrected chi connectivity index (χ0v) is 35.2. The minimum atomic E-state index is -0.116. The first-order chi connectivity index (χ1) is 31.6. The van der Waals surface area contributed by atoms with Crippen LogP contribution in [0.2, 0.25) is 0 Å². The number of benzene rings is 10. The highest BCUT2D eigenvalue weighted by Crippen LogP contribution is 2.53. The van der Waals surface area contributed by atoms with Gasteiger partial charge >= 0.3 is 0 Å². The number of hydrogen-bond acceptors (Lipinski definition) is 4. The highest BCUT2D eigenvalue weighted by atomic mass is 16.5. The quantitative estimate of drug-likeness (QED) is 0.161. The van der Waals surface area contributed by atoms with Gasteiger partial charge in [0.1, 0.15) is 11.9 Å². The van der Waals surface area contributed by atoms with Crippen LogP contribution in [0.3, 0.4) is 0 Å². The van der Waals surface area contributed by atoms with E-state index in [1.807, 2.05) is 60.7 Å². The van der Waals surface area contributed by atoms with Crippen LogP contribution >= 0.6 is 0 Å². The Hall–Kier alpha value is -8.21. The first-order valence-electron chi connectivity index (χ1n) is 21.9. The van der Waals surface area contributed by atoms with Crippen molar-refractivity contribution >= 4 is 32.3 Å². The molecule has 0 saturated carbocycles. The molecular weight excluding hydrogens is 779 g/mol. The standard InChI is InChI=1S/C60H41N3O/c1-38-53-37-54(51-24-12-13-25-52(51)57(53)64-56(38)43-31-27-41(28-32-43)48-26-14-21-39-15-8-10-22-47(39)48)55-49-23-11-9-16-40(49)35-36-50(55)42-29-33-46(34-30-42)60-62-58(44-17-4-2-5-18-44)61-59(63-60)45-19-6-3-7-20-45/h2-38,56H,1H3. The summed E-state index contributed by atoms with van der Waals surface area (Å²) in [4.78, 5) is 14.9. The van der Waals surface area contributed by atoms with Gasteiger partial charge in [-0.3, -0.25) is 0 Å². The lowest BCUT2D eigenvalue weighted by atomic mass is 9.84. The first-order valence-corrected chi connectivity index (χ1v) is 21.9. The Morgan fingerprint density at radius 1 is 0.359 bits per heavy atom. The van der Waals surface area contributed by atoms with Gasteiger partial charge in [-0.1, -0.05) is 219 Å². The van der Waals surface area contributed by atoms with Crippen LogP contribution in [-0.2, 0) is 0 Å². The van der Waals surface area contributed by atoms with Gasteiger partial charge in [-0.25, -0.2) is 15.0 Å². The Balaban J connectivity index is 0.948. The van der Waals surface area contributed by atoms with Crippen LogP contribution in [0.15, 0.2) is 218 Å². The third-order valence-electron chi connectivity index (χ3n) is 12.9. The summed E-state index contributed by atoms with van der Waals surface area (Å²) in [5.41, 5.74) is 12.3. The average Bonchev–Trinajstić information content (AvgIpc) is 3.71. The highest BCUT2D eigenvalue weighted by molar-refractivity contribution is 6.12. The molecule has 0 radical (unpaired) electrons. The maximum Gasteiger partial charge on any atom is 0.164 e. The molecule has 0 amide bonds. The zero-order chi connectivity index (χ0) is 42.6. The number of hydrogen-bond donors (Lipinski definition) is 0. The van der Waals surface area contributed by atoms with E-state index in [0.717, 1.165) is 39.0 Å². The molecule has 0 N–H and O–H groups in total. The molecule has 2 atom stereocenters. The number of rotatable bonds is 7. The van der Waals surface area contributed by atoms with E-state index >= 15 is 0 Å². The van der Waals surface area contributed by atoms with Crippen molar-refractivity contribution in [2.75, 3.05) is 0 Å². The van der Waals surface area contributed by atoms with E-state index in [0.29, 0.717) is 17.5 Å². The molecule has 12 rings (SSSR count). The number of fused-ring (bicyclic) bond motifs is 5. The summed E-state index contributed by atoms with van der Waals surface area (Å²) < 4.78 is 7.04. The summed E-state index contributed by atoms with van der Waals surface area (Å²) in [6, 6.07) is 77.4. The first kappa shape index (κ1) is 37.5. The molecule has 2 heterocycles. The lowest BCUT2D eigenvalue weighted by Crippen LogP contribution is -2.07. The third kappa shape index (κ3) is 6.51. The summed E-state index contributed by atoms with van der Waals surface area (Å²) in [6.07, 6.45) is -0.116. The van der Waals surface area contributed by atoms with E-state index in [9.17, 15) is 0 Å². The number of aromatic nitrogens is 3. The molecule has 1 aliphatic heterocycles. The molecule has 0 fully saturated rings.